The maximum atomic E-state index is 12.0. The molecule has 0 saturated heterocycles. The van der Waals surface area contributed by atoms with Crippen LogP contribution in [0, 0.1) is 5.92 Å². The number of rotatable bonds is 4. The molecule has 2 fully saturated rings. The van der Waals surface area contributed by atoms with Gasteiger partial charge in [0, 0.05) is 13.0 Å². The molecule has 0 spiro atoms. The van der Waals surface area contributed by atoms with Gasteiger partial charge in [0.1, 0.15) is 11.5 Å². The minimum Gasteiger partial charge on any atom is -0.464 e. The Morgan fingerprint density at radius 2 is 2.22 bits per heavy atom. The maximum Gasteiger partial charge on any atom is 0.242 e. The molecular weight excluding hydrogens is 228 g/mol. The molecule has 4 nitrogen and oxygen atoms in total. The Labute approximate surface area is 107 Å². The Balaban J connectivity index is 1.62. The van der Waals surface area contributed by atoms with Crippen molar-refractivity contribution in [3.05, 3.63) is 23.7 Å². The zero-order valence-electron chi connectivity index (χ0n) is 11.0. The van der Waals surface area contributed by atoms with Gasteiger partial charge in [-0.3, -0.25) is 4.79 Å². The molecule has 98 valence electrons. The molecule has 4 heteroatoms. The van der Waals surface area contributed by atoms with Crippen molar-refractivity contribution in [1.29, 1.82) is 0 Å². The number of nitrogens with two attached hydrogens (primary N) is 1. The zero-order chi connectivity index (χ0) is 12.9. The normalized spacial score (nSPS) is 27.9. The van der Waals surface area contributed by atoms with E-state index in [1.54, 1.807) is 11.9 Å². The van der Waals surface area contributed by atoms with Crippen LogP contribution >= 0.6 is 0 Å². The Bertz CT molecular complexity index is 476. The van der Waals surface area contributed by atoms with Crippen molar-refractivity contribution in [2.45, 2.75) is 44.2 Å². The summed E-state index contributed by atoms with van der Waals surface area (Å²) in [6, 6.07) is 4.01. The van der Waals surface area contributed by atoms with Crippen LogP contribution < -0.4 is 5.73 Å². The van der Waals surface area contributed by atoms with Crippen LogP contribution in [0.25, 0.3) is 0 Å². The van der Waals surface area contributed by atoms with Gasteiger partial charge in [0.05, 0.1) is 12.1 Å². The van der Waals surface area contributed by atoms with E-state index in [1.807, 2.05) is 12.1 Å². The fourth-order valence-electron chi connectivity index (χ4n) is 2.43. The smallest absolute Gasteiger partial charge is 0.242 e. The Kier molecular flexibility index (Phi) is 2.52. The van der Waals surface area contributed by atoms with Gasteiger partial charge in [-0.05, 0) is 37.3 Å². The summed E-state index contributed by atoms with van der Waals surface area (Å²) in [4.78, 5) is 13.7. The summed E-state index contributed by atoms with van der Waals surface area (Å²) in [5.74, 6) is 3.27. The van der Waals surface area contributed by atoms with Crippen LogP contribution in [0.3, 0.4) is 0 Å². The molecule has 1 heterocycles. The van der Waals surface area contributed by atoms with E-state index in [2.05, 4.69) is 6.92 Å². The van der Waals surface area contributed by atoms with E-state index in [9.17, 15) is 4.79 Å². The van der Waals surface area contributed by atoms with Gasteiger partial charge in [-0.1, -0.05) is 6.92 Å². The van der Waals surface area contributed by atoms with Crippen molar-refractivity contribution in [2.75, 3.05) is 7.05 Å². The Morgan fingerprint density at radius 1 is 1.56 bits per heavy atom. The SMILES string of the molecule is CC1CC1c1ccc(CN(C)C(=O)C2(N)CC2)o1. The minimum atomic E-state index is -0.588. The first-order valence-electron chi connectivity index (χ1n) is 6.63. The fraction of sp³-hybridized carbons (Fsp3) is 0.643. The summed E-state index contributed by atoms with van der Waals surface area (Å²) in [5.41, 5.74) is 5.32. The van der Waals surface area contributed by atoms with Crippen molar-refractivity contribution in [3.8, 4) is 0 Å². The van der Waals surface area contributed by atoms with Crippen LogP contribution in [-0.4, -0.2) is 23.4 Å². The van der Waals surface area contributed by atoms with Crippen LogP contribution in [-0.2, 0) is 11.3 Å². The van der Waals surface area contributed by atoms with Gasteiger partial charge in [-0.25, -0.2) is 0 Å². The van der Waals surface area contributed by atoms with E-state index in [0.29, 0.717) is 12.5 Å². The number of furan rings is 1. The third-order valence-electron chi connectivity index (χ3n) is 4.11. The molecule has 2 aliphatic carbocycles. The van der Waals surface area contributed by atoms with Crippen LogP contribution in [0.2, 0.25) is 0 Å². The highest BCUT2D eigenvalue weighted by atomic mass is 16.3. The summed E-state index contributed by atoms with van der Waals surface area (Å²) in [6.45, 7) is 2.74. The van der Waals surface area contributed by atoms with Gasteiger partial charge in [-0.2, -0.15) is 0 Å². The number of hydrogen-bond donors (Lipinski definition) is 1. The van der Waals surface area contributed by atoms with E-state index in [4.69, 9.17) is 10.2 Å². The van der Waals surface area contributed by atoms with Gasteiger partial charge < -0.3 is 15.1 Å². The summed E-state index contributed by atoms with van der Waals surface area (Å²) in [5, 5.41) is 0. The lowest BCUT2D eigenvalue weighted by molar-refractivity contribution is -0.133. The molecule has 1 aromatic heterocycles. The van der Waals surface area contributed by atoms with Crippen LogP contribution in [0.15, 0.2) is 16.5 Å². The van der Waals surface area contributed by atoms with Gasteiger partial charge in [0.25, 0.3) is 0 Å². The number of likely N-dealkylation sites (N-methyl/N-ethyl adjacent to an activating group) is 1. The summed E-state index contributed by atoms with van der Waals surface area (Å²) < 4.78 is 5.80. The number of carbonyl (C=O) groups is 1. The number of nitrogens with zero attached hydrogens (tertiary/aromatic N) is 1. The highest BCUT2D eigenvalue weighted by Crippen LogP contribution is 2.47. The van der Waals surface area contributed by atoms with Crippen molar-refractivity contribution < 1.29 is 9.21 Å². The average molecular weight is 248 g/mol. The largest absolute Gasteiger partial charge is 0.464 e. The standard InChI is InChI=1S/C14H20N2O2/c1-9-7-11(9)12-4-3-10(18-12)8-16(2)13(17)14(15)5-6-14/h3-4,9,11H,5-8,15H2,1-2H3. The second kappa shape index (κ2) is 3.85. The molecule has 3 rings (SSSR count). The van der Waals surface area contributed by atoms with E-state index >= 15 is 0 Å². The minimum absolute atomic E-state index is 0.0280. The van der Waals surface area contributed by atoms with Gasteiger partial charge in [0.15, 0.2) is 0 Å². The first-order chi connectivity index (χ1) is 8.49. The fourth-order valence-corrected chi connectivity index (χ4v) is 2.43. The molecule has 0 aromatic carbocycles. The van der Waals surface area contributed by atoms with E-state index in [-0.39, 0.29) is 5.91 Å². The van der Waals surface area contributed by atoms with E-state index < -0.39 is 5.54 Å². The van der Waals surface area contributed by atoms with Crippen molar-refractivity contribution in [1.82, 2.24) is 4.90 Å². The van der Waals surface area contributed by atoms with Crippen LogP contribution in [0.4, 0.5) is 0 Å². The van der Waals surface area contributed by atoms with Crippen molar-refractivity contribution in [3.63, 3.8) is 0 Å². The molecular formula is C14H20N2O2. The van der Waals surface area contributed by atoms with Gasteiger partial charge in [-0.15, -0.1) is 0 Å². The predicted molar refractivity (Wildman–Crippen MR) is 67.9 cm³/mol. The second-order valence-electron chi connectivity index (χ2n) is 5.94. The second-order valence-corrected chi connectivity index (χ2v) is 5.94. The molecule has 2 saturated carbocycles. The molecule has 18 heavy (non-hydrogen) atoms. The zero-order valence-corrected chi connectivity index (χ0v) is 11.0. The van der Waals surface area contributed by atoms with Crippen LogP contribution in [0.1, 0.15) is 43.6 Å². The molecule has 1 amide bonds. The Hall–Kier alpha value is -1.29. The molecule has 2 N–H and O–H groups in total. The third-order valence-corrected chi connectivity index (χ3v) is 4.11. The first-order valence-corrected chi connectivity index (χ1v) is 6.63. The Morgan fingerprint density at radius 3 is 2.78 bits per heavy atom. The molecule has 2 aliphatic rings. The number of amides is 1. The molecule has 0 radical (unpaired) electrons. The van der Waals surface area contributed by atoms with E-state index in [0.717, 1.165) is 30.3 Å². The third kappa shape index (κ3) is 2.05. The number of hydrogen-bond acceptors (Lipinski definition) is 3. The number of carbonyl (C=O) groups excluding carboxylic acids is 1. The van der Waals surface area contributed by atoms with Crippen LogP contribution in [0.5, 0.6) is 0 Å². The highest BCUT2D eigenvalue weighted by molar-refractivity contribution is 5.88. The summed E-state index contributed by atoms with van der Waals surface area (Å²) in [7, 11) is 1.79. The molecule has 1 aromatic rings. The lowest BCUT2D eigenvalue weighted by Gasteiger charge is -2.19. The molecule has 0 bridgehead atoms. The molecule has 2 atom stereocenters. The topological polar surface area (TPSA) is 59.5 Å². The first kappa shape index (κ1) is 11.8. The van der Waals surface area contributed by atoms with Gasteiger partial charge in [0.2, 0.25) is 5.91 Å². The lowest BCUT2D eigenvalue weighted by Crippen LogP contribution is -2.43. The highest BCUT2D eigenvalue weighted by Gasteiger charge is 2.47. The average Bonchev–Trinajstić information content (AvgIpc) is 3.20. The van der Waals surface area contributed by atoms with Crippen molar-refractivity contribution >= 4 is 5.91 Å². The van der Waals surface area contributed by atoms with E-state index in [1.165, 1.54) is 6.42 Å². The maximum absolute atomic E-state index is 12.0. The van der Waals surface area contributed by atoms with Gasteiger partial charge >= 0.3 is 0 Å². The monoisotopic (exact) mass is 248 g/mol. The lowest BCUT2D eigenvalue weighted by atomic mass is 10.2. The molecule has 2 unspecified atom stereocenters. The van der Waals surface area contributed by atoms with Crippen molar-refractivity contribution in [2.24, 2.45) is 11.7 Å². The quantitative estimate of drug-likeness (QED) is 0.884. The summed E-state index contributed by atoms with van der Waals surface area (Å²) in [6.07, 6.45) is 2.83. The predicted octanol–water partition coefficient (Wildman–Crippen LogP) is 1.85. The molecule has 0 aliphatic heterocycles. The summed E-state index contributed by atoms with van der Waals surface area (Å²) >= 11 is 0.